The van der Waals surface area contributed by atoms with E-state index in [1.807, 2.05) is 30.3 Å². The molecule has 0 heterocycles. The Hall–Kier alpha value is -2.57. The topological polar surface area (TPSA) is 82.1 Å². The minimum atomic E-state index is -0.715. The predicted octanol–water partition coefficient (Wildman–Crippen LogP) is 3.09. The number of rotatable bonds is 7. The lowest BCUT2D eigenvalue weighted by molar-refractivity contribution is -0.142. The molecule has 0 aliphatic carbocycles. The van der Waals surface area contributed by atoms with Gasteiger partial charge in [-0.25, -0.2) is 4.79 Å². The number of esters is 2. The Kier molecular flexibility index (Phi) is 8.09. The zero-order valence-corrected chi connectivity index (χ0v) is 16.0. The molecule has 7 heteroatoms. The summed E-state index contributed by atoms with van der Waals surface area (Å²) in [6.45, 7) is 5.31. The first kappa shape index (κ1) is 21.5. The highest BCUT2D eigenvalue weighted by Gasteiger charge is 2.31. The molecule has 0 radical (unpaired) electrons. The third-order valence-corrected chi connectivity index (χ3v) is 3.56. The maximum atomic E-state index is 12.7. The summed E-state index contributed by atoms with van der Waals surface area (Å²) in [6.07, 6.45) is -0.680. The van der Waals surface area contributed by atoms with Crippen molar-refractivity contribution in [2.45, 2.75) is 45.3 Å². The Morgan fingerprint density at radius 2 is 1.58 bits per heavy atom. The van der Waals surface area contributed by atoms with Crippen molar-refractivity contribution in [2.75, 3.05) is 20.8 Å². The minimum absolute atomic E-state index is 0.0136. The molecule has 0 bridgehead atoms. The van der Waals surface area contributed by atoms with Crippen LogP contribution < -0.4 is 0 Å². The van der Waals surface area contributed by atoms with Crippen LogP contribution in [0.25, 0.3) is 0 Å². The van der Waals surface area contributed by atoms with E-state index in [-0.39, 0.29) is 19.4 Å². The van der Waals surface area contributed by atoms with Crippen molar-refractivity contribution >= 4 is 18.0 Å². The van der Waals surface area contributed by atoms with Crippen LogP contribution in [0.3, 0.4) is 0 Å². The third kappa shape index (κ3) is 7.13. The monoisotopic (exact) mass is 365 g/mol. The fourth-order valence-corrected chi connectivity index (χ4v) is 2.33. The summed E-state index contributed by atoms with van der Waals surface area (Å²) in [4.78, 5) is 37.6. The van der Waals surface area contributed by atoms with Crippen molar-refractivity contribution in [1.82, 2.24) is 4.90 Å². The van der Waals surface area contributed by atoms with Gasteiger partial charge in [-0.15, -0.1) is 0 Å². The molecule has 0 fully saturated rings. The van der Waals surface area contributed by atoms with Crippen LogP contribution in [0.5, 0.6) is 0 Å². The molecule has 1 rings (SSSR count). The Balaban J connectivity index is 3.18. The molecule has 0 saturated carbocycles. The molecular formula is C19H27NO6. The van der Waals surface area contributed by atoms with Gasteiger partial charge in [0.1, 0.15) is 5.60 Å². The lowest BCUT2D eigenvalue weighted by Crippen LogP contribution is -2.41. The van der Waals surface area contributed by atoms with E-state index in [0.717, 1.165) is 5.56 Å². The SMILES string of the molecule is COC(=O)CCN(C(=O)OC(C)(C)C)[C@@H](CC(=O)OC)c1ccccc1. The van der Waals surface area contributed by atoms with Gasteiger partial charge in [-0.05, 0) is 26.3 Å². The fraction of sp³-hybridized carbons (Fsp3) is 0.526. The van der Waals surface area contributed by atoms with E-state index >= 15 is 0 Å². The van der Waals surface area contributed by atoms with E-state index < -0.39 is 29.7 Å². The summed E-state index contributed by atoms with van der Waals surface area (Å²) in [5, 5.41) is 0. The lowest BCUT2D eigenvalue weighted by Gasteiger charge is -2.33. The van der Waals surface area contributed by atoms with E-state index in [0.29, 0.717) is 0 Å². The first-order valence-electron chi connectivity index (χ1n) is 8.36. The van der Waals surface area contributed by atoms with Crippen LogP contribution in [0, 0.1) is 0 Å². The van der Waals surface area contributed by atoms with E-state index in [9.17, 15) is 14.4 Å². The highest BCUT2D eigenvalue weighted by Crippen LogP contribution is 2.27. The van der Waals surface area contributed by atoms with Crippen LogP contribution in [-0.4, -0.2) is 49.3 Å². The molecule has 1 aromatic carbocycles. The Morgan fingerprint density at radius 3 is 2.08 bits per heavy atom. The van der Waals surface area contributed by atoms with E-state index in [1.165, 1.54) is 19.1 Å². The Labute approximate surface area is 154 Å². The van der Waals surface area contributed by atoms with E-state index in [1.54, 1.807) is 20.8 Å². The zero-order chi connectivity index (χ0) is 19.7. The van der Waals surface area contributed by atoms with Gasteiger partial charge >= 0.3 is 18.0 Å². The van der Waals surface area contributed by atoms with Crippen LogP contribution in [0.2, 0.25) is 0 Å². The van der Waals surface area contributed by atoms with Gasteiger partial charge in [-0.3, -0.25) is 14.5 Å². The van der Waals surface area contributed by atoms with Crippen LogP contribution in [0.1, 0.15) is 45.2 Å². The number of benzene rings is 1. The van der Waals surface area contributed by atoms with Crippen molar-refractivity contribution in [1.29, 1.82) is 0 Å². The molecule has 0 aliphatic heterocycles. The number of methoxy groups -OCH3 is 2. The molecule has 0 aliphatic rings. The number of nitrogens with zero attached hydrogens (tertiary/aromatic N) is 1. The first-order valence-corrected chi connectivity index (χ1v) is 8.36. The highest BCUT2D eigenvalue weighted by atomic mass is 16.6. The quantitative estimate of drug-likeness (QED) is 0.545. The Bertz CT molecular complexity index is 608. The lowest BCUT2D eigenvalue weighted by atomic mass is 10.0. The highest BCUT2D eigenvalue weighted by molar-refractivity contribution is 5.75. The van der Waals surface area contributed by atoms with Gasteiger partial charge < -0.3 is 14.2 Å². The Morgan fingerprint density at radius 1 is 1.00 bits per heavy atom. The van der Waals surface area contributed by atoms with Gasteiger partial charge in [0.2, 0.25) is 0 Å². The van der Waals surface area contributed by atoms with Gasteiger partial charge in [0.05, 0.1) is 33.1 Å². The molecule has 0 saturated heterocycles. The molecule has 0 unspecified atom stereocenters. The summed E-state index contributed by atoms with van der Waals surface area (Å²) >= 11 is 0. The predicted molar refractivity (Wildman–Crippen MR) is 95.4 cm³/mol. The molecule has 1 aromatic rings. The van der Waals surface area contributed by atoms with E-state index in [2.05, 4.69) is 4.74 Å². The average molecular weight is 365 g/mol. The second-order valence-electron chi connectivity index (χ2n) is 6.71. The largest absolute Gasteiger partial charge is 0.469 e. The van der Waals surface area contributed by atoms with Crippen molar-refractivity contribution in [3.63, 3.8) is 0 Å². The van der Waals surface area contributed by atoms with Gasteiger partial charge in [0.15, 0.2) is 0 Å². The first-order chi connectivity index (χ1) is 12.2. The molecule has 1 atom stereocenters. The van der Waals surface area contributed by atoms with Crippen molar-refractivity contribution < 1.29 is 28.6 Å². The standard InChI is InChI=1S/C19H27NO6/c1-19(2,3)26-18(23)20(12-11-16(21)24-4)15(13-17(22)25-5)14-9-7-6-8-10-14/h6-10,15H,11-13H2,1-5H3/t15-/m0/s1. The summed E-state index contributed by atoms with van der Waals surface area (Å²) in [7, 11) is 2.57. The van der Waals surface area contributed by atoms with Gasteiger partial charge in [-0.2, -0.15) is 0 Å². The number of amides is 1. The van der Waals surface area contributed by atoms with Gasteiger partial charge in [0, 0.05) is 6.54 Å². The normalized spacial score (nSPS) is 12.0. The maximum absolute atomic E-state index is 12.7. The molecule has 1 amide bonds. The number of hydrogen-bond acceptors (Lipinski definition) is 6. The van der Waals surface area contributed by atoms with Crippen molar-refractivity contribution in [2.24, 2.45) is 0 Å². The van der Waals surface area contributed by atoms with Crippen molar-refractivity contribution in [3.05, 3.63) is 35.9 Å². The zero-order valence-electron chi connectivity index (χ0n) is 16.0. The second kappa shape index (κ2) is 9.79. The van der Waals surface area contributed by atoms with Crippen LogP contribution in [0.4, 0.5) is 4.79 Å². The molecule has 144 valence electrons. The van der Waals surface area contributed by atoms with Crippen LogP contribution in [0.15, 0.2) is 30.3 Å². The minimum Gasteiger partial charge on any atom is -0.469 e. The molecule has 26 heavy (non-hydrogen) atoms. The number of carbonyl (C=O) groups is 3. The summed E-state index contributed by atoms with van der Waals surface area (Å²) in [5.41, 5.74) is 0.0289. The van der Waals surface area contributed by atoms with E-state index in [4.69, 9.17) is 9.47 Å². The van der Waals surface area contributed by atoms with Crippen molar-refractivity contribution in [3.8, 4) is 0 Å². The van der Waals surface area contributed by atoms with Crippen LogP contribution in [-0.2, 0) is 23.8 Å². The summed E-state index contributed by atoms with van der Waals surface area (Å²) < 4.78 is 14.9. The average Bonchev–Trinajstić information content (AvgIpc) is 2.59. The fourth-order valence-electron chi connectivity index (χ4n) is 2.33. The smallest absolute Gasteiger partial charge is 0.410 e. The second-order valence-corrected chi connectivity index (χ2v) is 6.71. The molecule has 0 aromatic heterocycles. The molecular weight excluding hydrogens is 338 g/mol. The summed E-state index contributed by atoms with van der Waals surface area (Å²) in [6, 6.07) is 8.46. The summed E-state index contributed by atoms with van der Waals surface area (Å²) in [5.74, 6) is -0.922. The molecule has 0 N–H and O–H groups in total. The third-order valence-electron chi connectivity index (χ3n) is 3.56. The van der Waals surface area contributed by atoms with Gasteiger partial charge in [-0.1, -0.05) is 30.3 Å². The van der Waals surface area contributed by atoms with Gasteiger partial charge in [0.25, 0.3) is 0 Å². The number of hydrogen-bond donors (Lipinski definition) is 0. The number of carbonyl (C=O) groups excluding carboxylic acids is 3. The molecule has 7 nitrogen and oxygen atoms in total. The maximum Gasteiger partial charge on any atom is 0.410 e. The number of ether oxygens (including phenoxy) is 3. The van der Waals surface area contributed by atoms with Crippen LogP contribution >= 0.6 is 0 Å². The molecule has 0 spiro atoms.